The molecule has 3 N–H and O–H groups in total. The van der Waals surface area contributed by atoms with Crippen molar-refractivity contribution in [1.82, 2.24) is 10.3 Å². The van der Waals surface area contributed by atoms with Gasteiger partial charge in [0.15, 0.2) is 0 Å². The number of carbonyl (C=O) groups is 1. The molecule has 1 aliphatic rings. The zero-order valence-corrected chi connectivity index (χ0v) is 10.6. The predicted molar refractivity (Wildman–Crippen MR) is 65.6 cm³/mol. The molecule has 2 heterocycles. The normalized spacial score (nSPS) is 20.8. The number of rotatable bonds is 3. The number of hydrogen-bond donors (Lipinski definition) is 2. The smallest absolute Gasteiger partial charge is 0.240 e. The first kappa shape index (κ1) is 12.5. The lowest BCUT2D eigenvalue weighted by Gasteiger charge is -2.32. The first-order valence-corrected chi connectivity index (χ1v) is 6.57. The Hall–Kier alpha value is -0.980. The molecule has 0 aliphatic carbocycles. The van der Waals surface area contributed by atoms with Gasteiger partial charge in [-0.05, 0) is 19.8 Å². The monoisotopic (exact) mass is 255 g/mol. The Balaban J connectivity index is 1.96. The molecule has 6 heteroatoms. The molecule has 1 saturated heterocycles. The van der Waals surface area contributed by atoms with Gasteiger partial charge in [0.1, 0.15) is 5.01 Å². The number of thiazole rings is 1. The Labute approximate surface area is 104 Å². The summed E-state index contributed by atoms with van der Waals surface area (Å²) in [6.45, 7) is 3.02. The fraction of sp³-hybridized carbons (Fsp3) is 0.636. The maximum Gasteiger partial charge on any atom is 0.240 e. The quantitative estimate of drug-likeness (QED) is 0.838. The first-order chi connectivity index (χ1) is 8.12. The van der Waals surface area contributed by atoms with Crippen molar-refractivity contribution in [3.8, 4) is 0 Å². The zero-order chi connectivity index (χ0) is 12.3. The van der Waals surface area contributed by atoms with Gasteiger partial charge in [-0.15, -0.1) is 11.3 Å². The highest BCUT2D eigenvalue weighted by Gasteiger charge is 2.36. The number of amides is 1. The highest BCUT2D eigenvalue weighted by molar-refractivity contribution is 7.09. The highest BCUT2D eigenvalue weighted by atomic mass is 32.1. The standard InChI is InChI=1S/C11H17N3O2S/c1-8(9-13-4-7-17-9)14-10(15)11(12)2-5-16-6-3-11/h4,7-8H,2-3,5-6,12H2,1H3,(H,14,15). The second kappa shape index (κ2) is 5.12. The zero-order valence-electron chi connectivity index (χ0n) is 9.81. The Morgan fingerprint density at radius 3 is 2.94 bits per heavy atom. The molecule has 1 unspecified atom stereocenters. The van der Waals surface area contributed by atoms with Crippen LogP contribution in [0.15, 0.2) is 11.6 Å². The molecule has 2 rings (SSSR count). The van der Waals surface area contributed by atoms with E-state index in [1.807, 2.05) is 12.3 Å². The van der Waals surface area contributed by atoms with Crippen LogP contribution in [0.3, 0.4) is 0 Å². The van der Waals surface area contributed by atoms with Crippen LogP contribution in [0.25, 0.3) is 0 Å². The summed E-state index contributed by atoms with van der Waals surface area (Å²) in [5.41, 5.74) is 5.31. The first-order valence-electron chi connectivity index (χ1n) is 5.69. The number of nitrogens with zero attached hydrogens (tertiary/aromatic N) is 1. The fourth-order valence-electron chi connectivity index (χ4n) is 1.81. The van der Waals surface area contributed by atoms with Gasteiger partial charge in [-0.25, -0.2) is 4.98 Å². The van der Waals surface area contributed by atoms with E-state index in [0.717, 1.165) is 5.01 Å². The van der Waals surface area contributed by atoms with Crippen molar-refractivity contribution in [2.75, 3.05) is 13.2 Å². The molecule has 1 aromatic heterocycles. The van der Waals surface area contributed by atoms with E-state index in [1.165, 1.54) is 11.3 Å². The average Bonchev–Trinajstić information content (AvgIpc) is 2.83. The van der Waals surface area contributed by atoms with Crippen LogP contribution in [-0.2, 0) is 9.53 Å². The molecule has 0 aromatic carbocycles. The predicted octanol–water partition coefficient (Wildman–Crippen LogP) is 0.828. The molecule has 5 nitrogen and oxygen atoms in total. The summed E-state index contributed by atoms with van der Waals surface area (Å²) < 4.78 is 5.22. The number of ether oxygens (including phenoxy) is 1. The number of nitrogens with two attached hydrogens (primary N) is 1. The van der Waals surface area contributed by atoms with Crippen molar-refractivity contribution < 1.29 is 9.53 Å². The van der Waals surface area contributed by atoms with Crippen LogP contribution >= 0.6 is 11.3 Å². The molecule has 1 fully saturated rings. The third kappa shape index (κ3) is 2.83. The van der Waals surface area contributed by atoms with Crippen LogP contribution in [0.2, 0.25) is 0 Å². The van der Waals surface area contributed by atoms with E-state index in [-0.39, 0.29) is 11.9 Å². The van der Waals surface area contributed by atoms with Crippen LogP contribution in [0.4, 0.5) is 0 Å². The minimum absolute atomic E-state index is 0.0919. The second-order valence-electron chi connectivity index (χ2n) is 4.33. The topological polar surface area (TPSA) is 77.2 Å². The minimum atomic E-state index is -0.788. The summed E-state index contributed by atoms with van der Waals surface area (Å²) in [7, 11) is 0. The number of carbonyl (C=O) groups excluding carboxylic acids is 1. The van der Waals surface area contributed by atoms with Crippen LogP contribution < -0.4 is 11.1 Å². The van der Waals surface area contributed by atoms with E-state index in [9.17, 15) is 4.79 Å². The van der Waals surface area contributed by atoms with Gasteiger partial charge in [0.2, 0.25) is 5.91 Å². The molecule has 1 amide bonds. The Morgan fingerprint density at radius 2 is 2.35 bits per heavy atom. The molecule has 0 bridgehead atoms. The lowest BCUT2D eigenvalue weighted by molar-refractivity contribution is -0.130. The SMILES string of the molecule is CC(NC(=O)C1(N)CCOCC1)c1nccs1. The van der Waals surface area contributed by atoms with Crippen molar-refractivity contribution in [3.05, 3.63) is 16.6 Å². The Morgan fingerprint density at radius 1 is 1.65 bits per heavy atom. The van der Waals surface area contributed by atoms with Gasteiger partial charge in [0.05, 0.1) is 11.6 Å². The average molecular weight is 255 g/mol. The van der Waals surface area contributed by atoms with E-state index in [0.29, 0.717) is 26.1 Å². The summed E-state index contributed by atoms with van der Waals surface area (Å²) in [5, 5.41) is 5.71. The van der Waals surface area contributed by atoms with E-state index in [2.05, 4.69) is 10.3 Å². The maximum atomic E-state index is 12.1. The lowest BCUT2D eigenvalue weighted by atomic mass is 9.90. The molecule has 1 aliphatic heterocycles. The van der Waals surface area contributed by atoms with Crippen molar-refractivity contribution in [3.63, 3.8) is 0 Å². The van der Waals surface area contributed by atoms with E-state index >= 15 is 0 Å². The van der Waals surface area contributed by atoms with Crippen LogP contribution in [0.5, 0.6) is 0 Å². The van der Waals surface area contributed by atoms with E-state index in [4.69, 9.17) is 10.5 Å². The third-order valence-corrected chi connectivity index (χ3v) is 3.96. The van der Waals surface area contributed by atoms with Crippen molar-refractivity contribution in [2.45, 2.75) is 31.3 Å². The Kier molecular flexibility index (Phi) is 3.76. The van der Waals surface area contributed by atoms with Gasteiger partial charge in [-0.2, -0.15) is 0 Å². The molecule has 0 radical (unpaired) electrons. The molecule has 94 valence electrons. The van der Waals surface area contributed by atoms with Crippen molar-refractivity contribution in [1.29, 1.82) is 0 Å². The molecule has 1 aromatic rings. The van der Waals surface area contributed by atoms with Crippen LogP contribution in [0.1, 0.15) is 30.8 Å². The van der Waals surface area contributed by atoms with Gasteiger partial charge in [-0.1, -0.05) is 0 Å². The number of aromatic nitrogens is 1. The number of hydrogen-bond acceptors (Lipinski definition) is 5. The number of nitrogens with one attached hydrogen (secondary N) is 1. The maximum absolute atomic E-state index is 12.1. The van der Waals surface area contributed by atoms with Gasteiger partial charge in [0, 0.05) is 24.8 Å². The summed E-state index contributed by atoms with van der Waals surface area (Å²) in [6.07, 6.45) is 2.88. The van der Waals surface area contributed by atoms with E-state index < -0.39 is 5.54 Å². The molecular formula is C11H17N3O2S. The molecule has 17 heavy (non-hydrogen) atoms. The summed E-state index contributed by atoms with van der Waals surface area (Å²) >= 11 is 1.53. The summed E-state index contributed by atoms with van der Waals surface area (Å²) in [5.74, 6) is -0.108. The Bertz CT molecular complexity index is 374. The highest BCUT2D eigenvalue weighted by Crippen LogP contribution is 2.20. The van der Waals surface area contributed by atoms with Gasteiger partial charge >= 0.3 is 0 Å². The van der Waals surface area contributed by atoms with Gasteiger partial charge in [0.25, 0.3) is 0 Å². The molecular weight excluding hydrogens is 238 g/mol. The van der Waals surface area contributed by atoms with Gasteiger partial charge in [-0.3, -0.25) is 4.79 Å². The van der Waals surface area contributed by atoms with Gasteiger partial charge < -0.3 is 15.8 Å². The third-order valence-electron chi connectivity index (χ3n) is 3.01. The van der Waals surface area contributed by atoms with Crippen LogP contribution in [-0.4, -0.2) is 29.6 Å². The minimum Gasteiger partial charge on any atom is -0.381 e. The fourth-order valence-corrected chi connectivity index (χ4v) is 2.46. The molecule has 0 spiro atoms. The van der Waals surface area contributed by atoms with Crippen molar-refractivity contribution >= 4 is 17.2 Å². The summed E-state index contributed by atoms with van der Waals surface area (Å²) in [6, 6.07) is -0.0919. The summed E-state index contributed by atoms with van der Waals surface area (Å²) in [4.78, 5) is 16.3. The van der Waals surface area contributed by atoms with E-state index in [1.54, 1.807) is 6.20 Å². The van der Waals surface area contributed by atoms with Crippen LogP contribution in [0, 0.1) is 0 Å². The van der Waals surface area contributed by atoms with Crippen molar-refractivity contribution in [2.24, 2.45) is 5.73 Å². The second-order valence-corrected chi connectivity index (χ2v) is 5.26. The lowest BCUT2D eigenvalue weighted by Crippen LogP contribution is -2.57. The molecule has 1 atom stereocenters. The molecule has 0 saturated carbocycles. The largest absolute Gasteiger partial charge is 0.381 e.